The molecule has 0 aliphatic heterocycles. The van der Waals surface area contributed by atoms with Crippen molar-refractivity contribution in [1.82, 2.24) is 9.97 Å². The molecule has 2 aromatic carbocycles. The molecule has 2 nitrogen and oxygen atoms in total. The Bertz CT molecular complexity index is 800. The van der Waals surface area contributed by atoms with Gasteiger partial charge in [-0.1, -0.05) is 48.6 Å². The van der Waals surface area contributed by atoms with Gasteiger partial charge in [0.2, 0.25) is 0 Å². The van der Waals surface area contributed by atoms with E-state index in [9.17, 15) is 0 Å². The van der Waals surface area contributed by atoms with Crippen molar-refractivity contribution < 1.29 is 0 Å². The Morgan fingerprint density at radius 1 is 1.18 bits per heavy atom. The minimum Gasteiger partial charge on any atom is -0.348 e. The topological polar surface area (TPSA) is 28.7 Å². The van der Waals surface area contributed by atoms with Gasteiger partial charge in [0, 0.05) is 24.2 Å². The van der Waals surface area contributed by atoms with Crippen molar-refractivity contribution in [3.8, 4) is 0 Å². The fraction of sp³-hybridized carbons (Fsp3) is 0.250. The number of nitrogens with one attached hydrogen (secondary N) is 1. The smallest absolute Gasteiger partial charge is 0.0921 e. The van der Waals surface area contributed by atoms with E-state index in [1.165, 1.54) is 46.9 Å². The molecular weight excluding hydrogens is 268 g/mol. The van der Waals surface area contributed by atoms with E-state index in [1.807, 2.05) is 6.20 Å². The first-order chi connectivity index (χ1) is 10.9. The number of hydrogen-bond acceptors (Lipinski definition) is 1. The number of benzene rings is 2. The molecule has 1 aliphatic carbocycles. The van der Waals surface area contributed by atoms with Crippen LogP contribution in [0.3, 0.4) is 0 Å². The number of rotatable bonds is 3. The zero-order valence-electron chi connectivity index (χ0n) is 12.6. The van der Waals surface area contributed by atoms with E-state index >= 15 is 0 Å². The third kappa shape index (κ3) is 2.57. The largest absolute Gasteiger partial charge is 0.348 e. The van der Waals surface area contributed by atoms with Crippen molar-refractivity contribution in [3.63, 3.8) is 0 Å². The molecule has 0 spiro atoms. The van der Waals surface area contributed by atoms with E-state index in [0.29, 0.717) is 5.92 Å². The summed E-state index contributed by atoms with van der Waals surface area (Å²) in [7, 11) is 0. The number of nitrogens with zero attached hydrogens (tertiary/aromatic N) is 1. The molecule has 1 unspecified atom stereocenters. The zero-order valence-corrected chi connectivity index (χ0v) is 12.6. The molecule has 0 fully saturated rings. The summed E-state index contributed by atoms with van der Waals surface area (Å²) in [6, 6.07) is 13.5. The normalized spacial score (nSPS) is 17.9. The molecule has 1 N–H and O–H groups in total. The number of hydrogen-bond donors (Lipinski definition) is 1. The van der Waals surface area contributed by atoms with E-state index in [4.69, 9.17) is 0 Å². The van der Waals surface area contributed by atoms with E-state index in [0.717, 1.165) is 6.42 Å². The Balaban J connectivity index is 1.81. The molecule has 0 amide bonds. The molecule has 3 aromatic rings. The van der Waals surface area contributed by atoms with Crippen molar-refractivity contribution in [1.29, 1.82) is 0 Å². The molecule has 110 valence electrons. The summed E-state index contributed by atoms with van der Waals surface area (Å²) < 4.78 is 0. The molecule has 1 aliphatic rings. The van der Waals surface area contributed by atoms with Crippen molar-refractivity contribution in [2.24, 2.45) is 0 Å². The number of allylic oxidation sites excluding steroid dienone is 2. The maximum atomic E-state index is 4.14. The summed E-state index contributed by atoms with van der Waals surface area (Å²) in [5.74, 6) is 0.568. The van der Waals surface area contributed by atoms with Crippen LogP contribution in [-0.4, -0.2) is 9.97 Å². The second-order valence-electron chi connectivity index (χ2n) is 6.12. The van der Waals surface area contributed by atoms with Gasteiger partial charge in [0.1, 0.15) is 0 Å². The van der Waals surface area contributed by atoms with Crippen LogP contribution in [0.5, 0.6) is 0 Å². The first kappa shape index (κ1) is 13.3. The van der Waals surface area contributed by atoms with E-state index < -0.39 is 0 Å². The molecule has 1 atom stereocenters. The highest BCUT2D eigenvalue weighted by atomic mass is 14.9. The minimum absolute atomic E-state index is 0.568. The molecule has 0 radical (unpaired) electrons. The average Bonchev–Trinajstić information content (AvgIpc) is 3.09. The lowest BCUT2D eigenvalue weighted by atomic mass is 9.86. The van der Waals surface area contributed by atoms with Crippen LogP contribution in [0.4, 0.5) is 0 Å². The van der Waals surface area contributed by atoms with Crippen molar-refractivity contribution in [3.05, 3.63) is 77.9 Å². The third-order valence-corrected chi connectivity index (χ3v) is 4.59. The number of aromatic nitrogens is 2. The summed E-state index contributed by atoms with van der Waals surface area (Å²) in [5.41, 5.74) is 4.00. The van der Waals surface area contributed by atoms with E-state index in [-0.39, 0.29) is 0 Å². The predicted octanol–water partition coefficient (Wildman–Crippen LogP) is 4.98. The summed E-state index contributed by atoms with van der Waals surface area (Å²) in [5, 5.41) is 2.69. The standard InChI is InChI=1S/C20H20N2/c1-2-6-15(7-3-1)17-10-16-8-4-5-9-20(16)18(11-17)12-19-13-21-14-22-19/h2,4-6,8-11,13-15H,1,3,7,12H2,(H,21,22). The minimum atomic E-state index is 0.568. The molecule has 4 rings (SSSR count). The lowest BCUT2D eigenvalue weighted by Crippen LogP contribution is -2.01. The highest BCUT2D eigenvalue weighted by molar-refractivity contribution is 5.87. The van der Waals surface area contributed by atoms with Gasteiger partial charge in [-0.25, -0.2) is 4.98 Å². The summed E-state index contributed by atoms with van der Waals surface area (Å²) in [6.07, 6.45) is 13.1. The van der Waals surface area contributed by atoms with Crippen molar-refractivity contribution >= 4 is 10.8 Å². The molecule has 1 aromatic heterocycles. The van der Waals surface area contributed by atoms with Crippen molar-refractivity contribution in [2.75, 3.05) is 0 Å². The highest BCUT2D eigenvalue weighted by Gasteiger charge is 2.14. The van der Waals surface area contributed by atoms with Gasteiger partial charge in [-0.2, -0.15) is 0 Å². The SMILES string of the molecule is C1=CC(c2cc(Cc3cnc[nH]3)c3ccccc3c2)CCC1. The number of fused-ring (bicyclic) bond motifs is 1. The second-order valence-corrected chi connectivity index (χ2v) is 6.12. The predicted molar refractivity (Wildman–Crippen MR) is 91.1 cm³/mol. The second kappa shape index (κ2) is 5.80. The highest BCUT2D eigenvalue weighted by Crippen LogP contribution is 2.32. The summed E-state index contributed by atoms with van der Waals surface area (Å²) in [6.45, 7) is 0. The van der Waals surface area contributed by atoms with Crippen LogP contribution in [-0.2, 0) is 6.42 Å². The number of imidazole rings is 1. The van der Waals surface area contributed by atoms with Gasteiger partial charge in [0.25, 0.3) is 0 Å². The fourth-order valence-electron chi connectivity index (χ4n) is 3.45. The van der Waals surface area contributed by atoms with Gasteiger partial charge in [-0.15, -0.1) is 0 Å². The van der Waals surface area contributed by atoms with Crippen LogP contribution < -0.4 is 0 Å². The van der Waals surface area contributed by atoms with E-state index in [2.05, 4.69) is 58.5 Å². The Morgan fingerprint density at radius 2 is 2.14 bits per heavy atom. The van der Waals surface area contributed by atoms with Crippen LogP contribution in [0.15, 0.2) is 61.1 Å². The first-order valence-electron chi connectivity index (χ1n) is 8.05. The third-order valence-electron chi connectivity index (χ3n) is 4.59. The maximum absolute atomic E-state index is 4.14. The lowest BCUT2D eigenvalue weighted by molar-refractivity contribution is 0.654. The molecule has 1 heterocycles. The van der Waals surface area contributed by atoms with Crippen LogP contribution in [0, 0.1) is 0 Å². The van der Waals surface area contributed by atoms with Crippen LogP contribution in [0.1, 0.15) is 42.0 Å². The number of aromatic amines is 1. The van der Waals surface area contributed by atoms with Gasteiger partial charge in [-0.3, -0.25) is 0 Å². The lowest BCUT2D eigenvalue weighted by Gasteiger charge is -2.19. The van der Waals surface area contributed by atoms with Gasteiger partial charge in [0.05, 0.1) is 6.33 Å². The number of H-pyrrole nitrogens is 1. The van der Waals surface area contributed by atoms with Crippen LogP contribution >= 0.6 is 0 Å². The molecular formula is C20H20N2. The molecule has 0 bridgehead atoms. The monoisotopic (exact) mass is 288 g/mol. The Morgan fingerprint density at radius 3 is 2.95 bits per heavy atom. The van der Waals surface area contributed by atoms with Gasteiger partial charge in [-0.05, 0) is 41.2 Å². The summed E-state index contributed by atoms with van der Waals surface area (Å²) in [4.78, 5) is 7.37. The Kier molecular flexibility index (Phi) is 3.51. The van der Waals surface area contributed by atoms with Gasteiger partial charge in [0.15, 0.2) is 0 Å². The summed E-state index contributed by atoms with van der Waals surface area (Å²) >= 11 is 0. The molecule has 0 saturated heterocycles. The van der Waals surface area contributed by atoms with Crippen molar-refractivity contribution in [2.45, 2.75) is 31.6 Å². The quantitative estimate of drug-likeness (QED) is 0.677. The zero-order chi connectivity index (χ0) is 14.8. The fourth-order valence-corrected chi connectivity index (χ4v) is 3.45. The van der Waals surface area contributed by atoms with E-state index in [1.54, 1.807) is 6.33 Å². The molecule has 0 saturated carbocycles. The van der Waals surface area contributed by atoms with Crippen LogP contribution in [0.2, 0.25) is 0 Å². The Hall–Kier alpha value is -2.35. The molecule has 22 heavy (non-hydrogen) atoms. The van der Waals surface area contributed by atoms with Gasteiger partial charge < -0.3 is 4.98 Å². The van der Waals surface area contributed by atoms with Gasteiger partial charge >= 0.3 is 0 Å². The first-order valence-corrected chi connectivity index (χ1v) is 8.05. The molecule has 2 heteroatoms. The average molecular weight is 288 g/mol. The van der Waals surface area contributed by atoms with Crippen LogP contribution in [0.25, 0.3) is 10.8 Å². The maximum Gasteiger partial charge on any atom is 0.0921 e. The Labute approximate surface area is 130 Å².